The van der Waals surface area contributed by atoms with Crippen LogP contribution in [0.5, 0.6) is 0 Å². The summed E-state index contributed by atoms with van der Waals surface area (Å²) in [6, 6.07) is 8.46. The molecule has 0 fully saturated rings. The van der Waals surface area contributed by atoms with Gasteiger partial charge in [0.1, 0.15) is 0 Å². The van der Waals surface area contributed by atoms with Gasteiger partial charge in [0.2, 0.25) is 0 Å². The van der Waals surface area contributed by atoms with Crippen molar-refractivity contribution in [2.45, 2.75) is 45.6 Å². The molecular formula is C16H28N2O. The van der Waals surface area contributed by atoms with Crippen molar-refractivity contribution < 1.29 is 5.11 Å². The Morgan fingerprint density at radius 1 is 1.26 bits per heavy atom. The van der Waals surface area contributed by atoms with Crippen LogP contribution in [0.3, 0.4) is 0 Å². The predicted octanol–water partition coefficient (Wildman–Crippen LogP) is 2.70. The molecule has 1 unspecified atom stereocenters. The fraction of sp³-hybridized carbons (Fsp3) is 0.625. The van der Waals surface area contributed by atoms with E-state index >= 15 is 0 Å². The van der Waals surface area contributed by atoms with Gasteiger partial charge in [-0.3, -0.25) is 0 Å². The lowest BCUT2D eigenvalue weighted by Crippen LogP contribution is -2.43. The van der Waals surface area contributed by atoms with Gasteiger partial charge in [-0.05, 0) is 44.7 Å². The SMILES string of the molecule is CCN(CCCC(N)(CC)CO)c1ccccc1C. The Morgan fingerprint density at radius 3 is 2.47 bits per heavy atom. The summed E-state index contributed by atoms with van der Waals surface area (Å²) in [5, 5.41) is 9.33. The molecule has 108 valence electrons. The van der Waals surface area contributed by atoms with E-state index in [0.29, 0.717) is 0 Å². The molecule has 0 bridgehead atoms. The van der Waals surface area contributed by atoms with Crippen LogP contribution in [-0.2, 0) is 0 Å². The molecule has 0 aliphatic carbocycles. The summed E-state index contributed by atoms with van der Waals surface area (Å²) in [6.07, 6.45) is 2.69. The highest BCUT2D eigenvalue weighted by atomic mass is 16.3. The number of nitrogens with zero attached hydrogens (tertiary/aromatic N) is 1. The summed E-state index contributed by atoms with van der Waals surface area (Å²) in [6.45, 7) is 8.40. The first-order valence-electron chi connectivity index (χ1n) is 7.26. The maximum Gasteiger partial charge on any atom is 0.0611 e. The molecule has 0 aliphatic rings. The second-order valence-electron chi connectivity index (χ2n) is 5.34. The molecule has 0 amide bonds. The molecular weight excluding hydrogens is 236 g/mol. The van der Waals surface area contributed by atoms with Gasteiger partial charge in [0, 0.05) is 24.3 Å². The zero-order chi connectivity index (χ0) is 14.3. The standard InChI is InChI=1S/C16H28N2O/c1-4-16(17,13-19)11-8-12-18(5-2)15-10-7-6-9-14(15)3/h6-7,9-10,19H,4-5,8,11-13,17H2,1-3H3. The van der Waals surface area contributed by atoms with E-state index < -0.39 is 5.54 Å². The lowest BCUT2D eigenvalue weighted by atomic mass is 9.92. The van der Waals surface area contributed by atoms with Crippen LogP contribution < -0.4 is 10.6 Å². The number of para-hydroxylation sites is 1. The van der Waals surface area contributed by atoms with Gasteiger partial charge in [0.05, 0.1) is 6.61 Å². The largest absolute Gasteiger partial charge is 0.394 e. The highest BCUT2D eigenvalue weighted by molar-refractivity contribution is 5.52. The summed E-state index contributed by atoms with van der Waals surface area (Å²) in [5.41, 5.74) is 8.32. The van der Waals surface area contributed by atoms with Crippen molar-refractivity contribution in [2.24, 2.45) is 5.73 Å². The van der Waals surface area contributed by atoms with E-state index in [-0.39, 0.29) is 6.61 Å². The molecule has 0 heterocycles. The molecule has 1 aromatic carbocycles. The molecule has 0 saturated carbocycles. The van der Waals surface area contributed by atoms with Gasteiger partial charge >= 0.3 is 0 Å². The third-order valence-electron chi connectivity index (χ3n) is 3.96. The van der Waals surface area contributed by atoms with Crippen LogP contribution in [0.2, 0.25) is 0 Å². The Balaban J connectivity index is 2.57. The lowest BCUT2D eigenvalue weighted by molar-refractivity contribution is 0.181. The Kier molecular flexibility index (Phi) is 6.32. The van der Waals surface area contributed by atoms with Gasteiger partial charge in [-0.1, -0.05) is 25.1 Å². The van der Waals surface area contributed by atoms with Crippen molar-refractivity contribution in [3.05, 3.63) is 29.8 Å². The number of anilines is 1. The minimum absolute atomic E-state index is 0.0694. The first-order valence-corrected chi connectivity index (χ1v) is 7.26. The lowest BCUT2D eigenvalue weighted by Gasteiger charge is -2.29. The first kappa shape index (κ1) is 16.0. The third kappa shape index (κ3) is 4.51. The molecule has 0 aliphatic heterocycles. The Hall–Kier alpha value is -1.06. The Labute approximate surface area is 117 Å². The molecule has 0 spiro atoms. The number of nitrogens with two attached hydrogens (primary N) is 1. The molecule has 19 heavy (non-hydrogen) atoms. The number of rotatable bonds is 8. The van der Waals surface area contributed by atoms with E-state index in [0.717, 1.165) is 32.4 Å². The predicted molar refractivity (Wildman–Crippen MR) is 82.6 cm³/mol. The fourth-order valence-electron chi connectivity index (χ4n) is 2.36. The number of hydrogen-bond donors (Lipinski definition) is 2. The zero-order valence-electron chi connectivity index (χ0n) is 12.5. The van der Waals surface area contributed by atoms with Gasteiger partial charge in [-0.2, -0.15) is 0 Å². The van der Waals surface area contributed by atoms with Crippen molar-refractivity contribution in [2.75, 3.05) is 24.6 Å². The third-order valence-corrected chi connectivity index (χ3v) is 3.96. The molecule has 3 heteroatoms. The summed E-state index contributed by atoms with van der Waals surface area (Å²) < 4.78 is 0. The maximum atomic E-state index is 9.33. The van der Waals surface area contributed by atoms with Crippen LogP contribution in [0.4, 0.5) is 5.69 Å². The minimum atomic E-state index is -0.412. The topological polar surface area (TPSA) is 49.5 Å². The number of aryl methyl sites for hydroxylation is 1. The van der Waals surface area contributed by atoms with E-state index in [2.05, 4.69) is 43.0 Å². The van der Waals surface area contributed by atoms with E-state index in [1.54, 1.807) is 0 Å². The molecule has 3 N–H and O–H groups in total. The smallest absolute Gasteiger partial charge is 0.0611 e. The normalized spacial score (nSPS) is 14.2. The Morgan fingerprint density at radius 2 is 1.95 bits per heavy atom. The summed E-state index contributed by atoms with van der Waals surface area (Å²) in [4.78, 5) is 2.38. The quantitative estimate of drug-likeness (QED) is 0.759. The summed E-state index contributed by atoms with van der Waals surface area (Å²) in [7, 11) is 0. The highest BCUT2D eigenvalue weighted by Crippen LogP contribution is 2.21. The van der Waals surface area contributed by atoms with Crippen molar-refractivity contribution in [1.29, 1.82) is 0 Å². The minimum Gasteiger partial charge on any atom is -0.394 e. The van der Waals surface area contributed by atoms with Crippen molar-refractivity contribution in [1.82, 2.24) is 0 Å². The molecule has 1 atom stereocenters. The highest BCUT2D eigenvalue weighted by Gasteiger charge is 2.21. The first-order chi connectivity index (χ1) is 9.06. The van der Waals surface area contributed by atoms with Crippen molar-refractivity contribution in [3.63, 3.8) is 0 Å². The van der Waals surface area contributed by atoms with E-state index in [1.807, 2.05) is 6.92 Å². The van der Waals surface area contributed by atoms with Crippen molar-refractivity contribution in [3.8, 4) is 0 Å². The summed E-state index contributed by atoms with van der Waals surface area (Å²) >= 11 is 0. The molecule has 0 aromatic heterocycles. The van der Waals surface area contributed by atoms with E-state index in [1.165, 1.54) is 11.3 Å². The molecule has 1 aromatic rings. The van der Waals surface area contributed by atoms with Gasteiger partial charge in [-0.25, -0.2) is 0 Å². The van der Waals surface area contributed by atoms with Gasteiger partial charge in [0.25, 0.3) is 0 Å². The van der Waals surface area contributed by atoms with E-state index in [9.17, 15) is 5.11 Å². The Bertz CT molecular complexity index is 375. The van der Waals surface area contributed by atoms with Crippen molar-refractivity contribution >= 4 is 5.69 Å². The van der Waals surface area contributed by atoms with Gasteiger partial charge in [0.15, 0.2) is 0 Å². The average Bonchev–Trinajstić information content (AvgIpc) is 2.44. The number of aliphatic hydroxyl groups excluding tert-OH is 1. The molecule has 1 rings (SSSR count). The van der Waals surface area contributed by atoms with Crippen LogP contribution in [0.1, 0.15) is 38.7 Å². The molecule has 0 saturated heterocycles. The maximum absolute atomic E-state index is 9.33. The zero-order valence-corrected chi connectivity index (χ0v) is 12.5. The number of aliphatic hydroxyl groups is 1. The number of benzene rings is 1. The average molecular weight is 264 g/mol. The van der Waals surface area contributed by atoms with Crippen LogP contribution in [-0.4, -0.2) is 30.3 Å². The van der Waals surface area contributed by atoms with Crippen LogP contribution in [0, 0.1) is 6.92 Å². The fourth-order valence-corrected chi connectivity index (χ4v) is 2.36. The second kappa shape index (κ2) is 7.51. The molecule has 0 radical (unpaired) electrons. The summed E-state index contributed by atoms with van der Waals surface area (Å²) in [5.74, 6) is 0. The van der Waals surface area contributed by atoms with Gasteiger partial charge < -0.3 is 15.7 Å². The number of hydrogen-bond acceptors (Lipinski definition) is 3. The van der Waals surface area contributed by atoms with Crippen LogP contribution >= 0.6 is 0 Å². The second-order valence-corrected chi connectivity index (χ2v) is 5.34. The van der Waals surface area contributed by atoms with E-state index in [4.69, 9.17) is 5.73 Å². The van der Waals surface area contributed by atoms with Gasteiger partial charge in [-0.15, -0.1) is 0 Å². The van der Waals surface area contributed by atoms with Crippen LogP contribution in [0.25, 0.3) is 0 Å². The monoisotopic (exact) mass is 264 g/mol. The molecule has 3 nitrogen and oxygen atoms in total. The van der Waals surface area contributed by atoms with Crippen LogP contribution in [0.15, 0.2) is 24.3 Å².